The van der Waals surface area contributed by atoms with Gasteiger partial charge < -0.3 is 4.74 Å². The quantitative estimate of drug-likeness (QED) is 0.188. The summed E-state index contributed by atoms with van der Waals surface area (Å²) in [5.41, 5.74) is 2.32. The van der Waals surface area contributed by atoms with Crippen LogP contribution in [0.3, 0.4) is 0 Å². The van der Waals surface area contributed by atoms with Gasteiger partial charge in [-0.25, -0.2) is 9.38 Å². The predicted molar refractivity (Wildman–Crippen MR) is 166 cm³/mol. The molecule has 196 valence electrons. The predicted octanol–water partition coefficient (Wildman–Crippen LogP) is 10.0. The van der Waals surface area contributed by atoms with E-state index in [4.69, 9.17) is 32.9 Å². The van der Waals surface area contributed by atoms with Crippen molar-refractivity contribution < 1.29 is 13.9 Å². The first-order valence-corrected chi connectivity index (χ1v) is 14.6. The maximum Gasteiger partial charge on any atom is 0.271 e. The number of carbonyl (C=O) groups is 1. The Morgan fingerprint density at radius 3 is 2.31 bits per heavy atom. The molecule has 1 aliphatic rings. The van der Waals surface area contributed by atoms with E-state index < -0.39 is 0 Å². The summed E-state index contributed by atoms with van der Waals surface area (Å²) in [5, 5.41) is 1.62. The molecule has 0 N–H and O–H groups in total. The molecule has 0 atom stereocenters. The van der Waals surface area contributed by atoms with Crippen LogP contribution in [0, 0.1) is 5.82 Å². The van der Waals surface area contributed by atoms with Gasteiger partial charge in [0.05, 0.1) is 20.8 Å². The molecule has 1 amide bonds. The van der Waals surface area contributed by atoms with Crippen LogP contribution in [0.5, 0.6) is 5.75 Å². The summed E-state index contributed by atoms with van der Waals surface area (Å²) in [6, 6.07) is 24.1. The number of ether oxygens (including phenoxy) is 1. The zero-order valence-corrected chi connectivity index (χ0v) is 25.4. The van der Waals surface area contributed by atoms with E-state index in [1.54, 1.807) is 72.8 Å². The van der Waals surface area contributed by atoms with Gasteiger partial charge in [-0.15, -0.1) is 0 Å². The molecule has 4 nitrogen and oxygen atoms in total. The number of hydrogen-bond donors (Lipinski definition) is 0. The second kappa shape index (κ2) is 12.3. The van der Waals surface area contributed by atoms with E-state index in [1.165, 1.54) is 22.7 Å². The number of amides is 1. The Kier molecular flexibility index (Phi) is 8.79. The van der Waals surface area contributed by atoms with Gasteiger partial charge in [-0.3, -0.25) is 9.69 Å². The second-order valence-electron chi connectivity index (χ2n) is 8.28. The van der Waals surface area contributed by atoms with Crippen LogP contribution >= 0.6 is 66.8 Å². The summed E-state index contributed by atoms with van der Waals surface area (Å²) in [5.74, 6) is -0.136. The summed E-state index contributed by atoms with van der Waals surface area (Å²) in [4.78, 5) is 20.4. The third kappa shape index (κ3) is 6.58. The van der Waals surface area contributed by atoms with Gasteiger partial charge in [0, 0.05) is 25.6 Å². The van der Waals surface area contributed by atoms with E-state index in [0.717, 1.165) is 4.47 Å². The lowest BCUT2D eigenvalue weighted by atomic mass is 10.1. The summed E-state index contributed by atoms with van der Waals surface area (Å²) in [7, 11) is 0. The van der Waals surface area contributed by atoms with Crippen LogP contribution < -0.4 is 9.64 Å². The topological polar surface area (TPSA) is 41.9 Å². The normalized spacial score (nSPS) is 15.4. The summed E-state index contributed by atoms with van der Waals surface area (Å²) < 4.78 is 21.7. The molecule has 5 rings (SSSR count). The van der Waals surface area contributed by atoms with E-state index >= 15 is 0 Å². The number of nitrogens with zero attached hydrogens (tertiary/aromatic N) is 2. The standard InChI is InChI=1S/C29H17Br2Cl2FN2O2S/c30-19-13-18(27(24(31)15-19)38-16-17-3-1-2-4-25(17)34)14-26-28(37)36(23-11-7-21(33)8-12-23)29(39-26)35-22-9-5-20(32)6-10-22/h1-15H,16H2/b26-14-,35-29?. The highest BCUT2D eigenvalue weighted by Crippen LogP contribution is 2.41. The van der Waals surface area contributed by atoms with Crippen LogP contribution in [0.1, 0.15) is 11.1 Å². The van der Waals surface area contributed by atoms with E-state index in [-0.39, 0.29) is 18.3 Å². The molecule has 4 aromatic carbocycles. The van der Waals surface area contributed by atoms with Crippen molar-refractivity contribution in [1.82, 2.24) is 0 Å². The van der Waals surface area contributed by atoms with Crippen molar-refractivity contribution in [3.63, 3.8) is 0 Å². The van der Waals surface area contributed by atoms with E-state index in [1.807, 2.05) is 12.1 Å². The van der Waals surface area contributed by atoms with Crippen LogP contribution in [-0.2, 0) is 11.4 Å². The Morgan fingerprint density at radius 2 is 1.62 bits per heavy atom. The number of benzene rings is 4. The Morgan fingerprint density at radius 1 is 0.949 bits per heavy atom. The van der Waals surface area contributed by atoms with Crippen molar-refractivity contribution in [2.24, 2.45) is 4.99 Å². The molecule has 39 heavy (non-hydrogen) atoms. The minimum atomic E-state index is -0.353. The average molecular weight is 707 g/mol. The van der Waals surface area contributed by atoms with Crippen LogP contribution in [0.2, 0.25) is 10.0 Å². The first-order valence-electron chi connectivity index (χ1n) is 11.5. The summed E-state index contributed by atoms with van der Waals surface area (Å²) in [6.07, 6.45) is 1.74. The Labute approximate surface area is 255 Å². The SMILES string of the molecule is O=C1/C(=C/c2cc(Br)cc(Br)c2OCc2ccccc2F)SC(=Nc2ccc(Cl)cc2)N1c1ccc(Cl)cc1. The maximum atomic E-state index is 14.2. The van der Waals surface area contributed by atoms with Gasteiger partial charge in [-0.1, -0.05) is 57.3 Å². The van der Waals surface area contributed by atoms with Gasteiger partial charge in [0.2, 0.25) is 0 Å². The largest absolute Gasteiger partial charge is 0.487 e. The molecule has 1 aliphatic heterocycles. The first kappa shape index (κ1) is 27.9. The summed E-state index contributed by atoms with van der Waals surface area (Å²) >= 11 is 20.4. The Hall–Kier alpha value is -2.62. The van der Waals surface area contributed by atoms with E-state index in [9.17, 15) is 9.18 Å². The van der Waals surface area contributed by atoms with Crippen molar-refractivity contribution in [3.8, 4) is 5.75 Å². The number of anilines is 1. The molecule has 4 aromatic rings. The molecular weight excluding hydrogens is 690 g/mol. The van der Waals surface area contributed by atoms with Crippen LogP contribution in [0.25, 0.3) is 6.08 Å². The number of carbonyl (C=O) groups excluding carboxylic acids is 1. The number of hydrogen-bond acceptors (Lipinski definition) is 4. The van der Waals surface area contributed by atoms with Crippen molar-refractivity contribution >= 4 is 95.3 Å². The Balaban J connectivity index is 1.54. The number of aliphatic imine (C=N–C) groups is 1. The fourth-order valence-electron chi connectivity index (χ4n) is 3.74. The van der Waals surface area contributed by atoms with Crippen LogP contribution in [-0.4, -0.2) is 11.1 Å². The summed E-state index contributed by atoms with van der Waals surface area (Å²) in [6.45, 7) is 0.0182. The number of thioether (sulfide) groups is 1. The van der Waals surface area contributed by atoms with Gasteiger partial charge in [-0.2, -0.15) is 0 Å². The second-order valence-corrected chi connectivity index (χ2v) is 11.9. The highest BCUT2D eigenvalue weighted by molar-refractivity contribution is 9.11. The molecule has 1 heterocycles. The molecule has 0 spiro atoms. The monoisotopic (exact) mass is 704 g/mol. The minimum absolute atomic E-state index is 0.0182. The molecule has 0 aliphatic carbocycles. The fourth-order valence-corrected chi connectivity index (χ4v) is 6.36. The third-order valence-electron chi connectivity index (χ3n) is 5.60. The maximum absolute atomic E-state index is 14.2. The first-order chi connectivity index (χ1) is 18.8. The zero-order chi connectivity index (χ0) is 27.5. The molecule has 0 aromatic heterocycles. The van der Waals surface area contributed by atoms with Gasteiger partial charge in [0.15, 0.2) is 5.17 Å². The third-order valence-corrected chi connectivity index (χ3v) is 8.12. The lowest BCUT2D eigenvalue weighted by Gasteiger charge is -2.16. The van der Waals surface area contributed by atoms with Gasteiger partial charge >= 0.3 is 0 Å². The molecule has 1 fully saturated rings. The highest BCUT2D eigenvalue weighted by Gasteiger charge is 2.35. The number of amidine groups is 1. The van der Waals surface area contributed by atoms with Crippen molar-refractivity contribution in [2.75, 3.05) is 4.90 Å². The molecule has 1 saturated heterocycles. The molecule has 0 unspecified atom stereocenters. The molecule has 10 heteroatoms. The van der Waals surface area contributed by atoms with E-state index in [2.05, 4.69) is 31.9 Å². The highest BCUT2D eigenvalue weighted by atomic mass is 79.9. The zero-order valence-electron chi connectivity index (χ0n) is 19.9. The molecule has 0 radical (unpaired) electrons. The van der Waals surface area contributed by atoms with Crippen molar-refractivity contribution in [3.05, 3.63) is 126 Å². The molecule has 0 saturated carbocycles. The van der Waals surface area contributed by atoms with Crippen molar-refractivity contribution in [1.29, 1.82) is 0 Å². The van der Waals surface area contributed by atoms with Gasteiger partial charge in [0.25, 0.3) is 5.91 Å². The lowest BCUT2D eigenvalue weighted by Crippen LogP contribution is -2.28. The van der Waals surface area contributed by atoms with E-state index in [0.29, 0.717) is 52.8 Å². The van der Waals surface area contributed by atoms with Crippen LogP contribution in [0.15, 0.2) is 104 Å². The molecule has 0 bridgehead atoms. The number of halogens is 5. The Bertz CT molecular complexity index is 1610. The van der Waals surface area contributed by atoms with Gasteiger partial charge in [-0.05, 0) is 100 Å². The van der Waals surface area contributed by atoms with Gasteiger partial charge in [0.1, 0.15) is 18.2 Å². The number of rotatable bonds is 6. The minimum Gasteiger partial charge on any atom is -0.487 e. The fraction of sp³-hybridized carbons (Fsp3) is 0.0345. The lowest BCUT2D eigenvalue weighted by molar-refractivity contribution is -0.113. The molecular formula is C29H17Br2Cl2FN2O2S. The smallest absolute Gasteiger partial charge is 0.271 e. The van der Waals surface area contributed by atoms with Crippen LogP contribution in [0.4, 0.5) is 15.8 Å². The van der Waals surface area contributed by atoms with Crippen molar-refractivity contribution in [2.45, 2.75) is 6.61 Å². The average Bonchev–Trinajstić information content (AvgIpc) is 3.20.